The van der Waals surface area contributed by atoms with Gasteiger partial charge in [-0.3, -0.25) is 9.59 Å². The van der Waals surface area contributed by atoms with Gasteiger partial charge in [0, 0.05) is 12.5 Å². The van der Waals surface area contributed by atoms with Crippen LogP contribution in [-0.4, -0.2) is 23.5 Å². The molecule has 4 fully saturated rings. The van der Waals surface area contributed by atoms with E-state index in [-0.39, 0.29) is 23.8 Å². The Bertz CT molecular complexity index is 631. The van der Waals surface area contributed by atoms with Crippen LogP contribution in [0.5, 0.6) is 0 Å². The van der Waals surface area contributed by atoms with Crippen LogP contribution >= 0.6 is 0 Å². The molecule has 4 aliphatic carbocycles. The summed E-state index contributed by atoms with van der Waals surface area (Å²) in [6, 6.07) is 1.78. The lowest BCUT2D eigenvalue weighted by atomic mass is 9.49. The number of rotatable bonds is 6. The lowest BCUT2D eigenvalue weighted by Crippen LogP contribution is -2.48. The maximum atomic E-state index is 12.4. The van der Waals surface area contributed by atoms with Crippen LogP contribution in [0.25, 0.3) is 0 Å². The second-order valence-electron chi connectivity index (χ2n) is 8.58. The zero-order valence-electron chi connectivity index (χ0n) is 14.8. The predicted octanol–water partition coefficient (Wildman–Crippen LogP) is 2.32. The van der Waals surface area contributed by atoms with Crippen molar-refractivity contribution in [2.75, 3.05) is 6.54 Å². The third kappa shape index (κ3) is 3.72. The number of hydrogen-bond donors (Lipinski definition) is 2. The Labute approximate surface area is 148 Å². The van der Waals surface area contributed by atoms with E-state index in [1.165, 1.54) is 38.5 Å². The molecule has 2 N–H and O–H groups in total. The summed E-state index contributed by atoms with van der Waals surface area (Å²) in [7, 11) is 0. The van der Waals surface area contributed by atoms with Gasteiger partial charge in [0.2, 0.25) is 11.8 Å². The third-order valence-electron chi connectivity index (χ3n) is 6.28. The van der Waals surface area contributed by atoms with E-state index in [2.05, 4.69) is 15.8 Å². The van der Waals surface area contributed by atoms with E-state index in [1.54, 1.807) is 6.07 Å². The molecule has 25 heavy (non-hydrogen) atoms. The first-order valence-electron chi connectivity index (χ1n) is 9.45. The lowest BCUT2D eigenvalue weighted by molar-refractivity contribution is -0.132. The van der Waals surface area contributed by atoms with E-state index in [9.17, 15) is 9.59 Å². The molecule has 0 spiro atoms. The molecule has 136 valence electrons. The second kappa shape index (κ2) is 6.46. The van der Waals surface area contributed by atoms with Gasteiger partial charge in [0.05, 0.1) is 18.8 Å². The van der Waals surface area contributed by atoms with E-state index < -0.39 is 0 Å². The Hall–Kier alpha value is -1.85. The van der Waals surface area contributed by atoms with Crippen LogP contribution in [-0.2, 0) is 16.1 Å². The van der Waals surface area contributed by atoms with Crippen molar-refractivity contribution in [3.05, 3.63) is 17.5 Å². The van der Waals surface area contributed by atoms with Crippen LogP contribution in [0, 0.1) is 30.1 Å². The summed E-state index contributed by atoms with van der Waals surface area (Å²) in [5, 5.41) is 9.32. The number of amides is 2. The van der Waals surface area contributed by atoms with Crippen molar-refractivity contribution < 1.29 is 14.1 Å². The molecule has 2 amide bonds. The van der Waals surface area contributed by atoms with Gasteiger partial charge >= 0.3 is 0 Å². The summed E-state index contributed by atoms with van der Waals surface area (Å²) in [6.07, 6.45) is 8.36. The first-order valence-corrected chi connectivity index (χ1v) is 9.45. The highest BCUT2D eigenvalue weighted by molar-refractivity contribution is 5.84. The Morgan fingerprint density at radius 1 is 1.12 bits per heavy atom. The van der Waals surface area contributed by atoms with Crippen molar-refractivity contribution in [2.24, 2.45) is 23.2 Å². The smallest absolute Gasteiger partial charge is 0.239 e. The van der Waals surface area contributed by atoms with Crippen LogP contribution in [0.4, 0.5) is 0 Å². The third-order valence-corrected chi connectivity index (χ3v) is 6.28. The van der Waals surface area contributed by atoms with Crippen molar-refractivity contribution in [1.29, 1.82) is 0 Å². The van der Waals surface area contributed by atoms with Crippen molar-refractivity contribution in [2.45, 2.75) is 58.4 Å². The van der Waals surface area contributed by atoms with Crippen molar-refractivity contribution in [3.8, 4) is 0 Å². The maximum Gasteiger partial charge on any atom is 0.239 e. The predicted molar refractivity (Wildman–Crippen MR) is 91.3 cm³/mol. The molecule has 1 aromatic heterocycles. The molecule has 1 heterocycles. The molecule has 4 aliphatic rings. The molecule has 1 aromatic rings. The van der Waals surface area contributed by atoms with Crippen LogP contribution in [0.2, 0.25) is 0 Å². The molecule has 0 atom stereocenters. The normalized spacial score (nSPS) is 32.6. The zero-order valence-corrected chi connectivity index (χ0v) is 14.8. The highest BCUT2D eigenvalue weighted by atomic mass is 16.5. The minimum absolute atomic E-state index is 0.0209. The van der Waals surface area contributed by atoms with E-state index in [4.69, 9.17) is 4.52 Å². The summed E-state index contributed by atoms with van der Waals surface area (Å²) in [5.41, 5.74) is 1.00. The minimum Gasteiger partial charge on any atom is -0.359 e. The number of aryl methyl sites for hydroxylation is 1. The molecule has 6 nitrogen and oxygen atoms in total. The number of aromatic nitrogens is 1. The van der Waals surface area contributed by atoms with Gasteiger partial charge in [0.15, 0.2) is 5.76 Å². The fraction of sp³-hybridized carbons (Fsp3) is 0.737. The molecule has 5 rings (SSSR count). The number of hydrogen-bond acceptors (Lipinski definition) is 4. The Morgan fingerprint density at radius 3 is 2.32 bits per heavy atom. The summed E-state index contributed by atoms with van der Waals surface area (Å²) in [4.78, 5) is 24.3. The lowest BCUT2D eigenvalue weighted by Gasteiger charge is -2.56. The number of carbonyl (C=O) groups excluding carboxylic acids is 2. The summed E-state index contributed by atoms with van der Waals surface area (Å²) < 4.78 is 5.05. The molecule has 0 aromatic carbocycles. The molecular weight excluding hydrogens is 318 g/mol. The summed E-state index contributed by atoms with van der Waals surface area (Å²) >= 11 is 0. The molecular formula is C19H27N3O3. The minimum atomic E-state index is -0.201. The van der Waals surface area contributed by atoms with Gasteiger partial charge in [-0.1, -0.05) is 5.16 Å². The van der Waals surface area contributed by atoms with Crippen molar-refractivity contribution in [1.82, 2.24) is 15.8 Å². The Kier molecular flexibility index (Phi) is 4.29. The second-order valence-corrected chi connectivity index (χ2v) is 8.58. The molecule has 4 bridgehead atoms. The van der Waals surface area contributed by atoms with Crippen LogP contribution in [0.3, 0.4) is 0 Å². The Balaban J connectivity index is 1.22. The molecule has 0 unspecified atom stereocenters. The van der Waals surface area contributed by atoms with Gasteiger partial charge in [0.25, 0.3) is 0 Å². The quantitative estimate of drug-likeness (QED) is 0.829. The SMILES string of the molecule is Cc1cc(CNC(=O)CNC(=O)CC23CC4CC(CC(C4)C2)C3)on1. The van der Waals surface area contributed by atoms with Gasteiger partial charge in [-0.05, 0) is 68.6 Å². The average Bonchev–Trinajstić information content (AvgIpc) is 2.94. The van der Waals surface area contributed by atoms with Crippen molar-refractivity contribution in [3.63, 3.8) is 0 Å². The van der Waals surface area contributed by atoms with Crippen LogP contribution in [0.15, 0.2) is 10.6 Å². The van der Waals surface area contributed by atoms with Crippen LogP contribution in [0.1, 0.15) is 56.4 Å². The fourth-order valence-electron chi connectivity index (χ4n) is 5.84. The highest BCUT2D eigenvalue weighted by Gasteiger charge is 2.51. The van der Waals surface area contributed by atoms with Gasteiger partial charge in [-0.2, -0.15) is 0 Å². The van der Waals surface area contributed by atoms with Gasteiger partial charge < -0.3 is 15.2 Å². The first-order chi connectivity index (χ1) is 12.0. The number of nitrogens with zero attached hydrogens (tertiary/aromatic N) is 1. The highest BCUT2D eigenvalue weighted by Crippen LogP contribution is 2.61. The van der Waals surface area contributed by atoms with E-state index in [1.807, 2.05) is 6.92 Å². The van der Waals surface area contributed by atoms with Gasteiger partial charge in [0.1, 0.15) is 0 Å². The van der Waals surface area contributed by atoms with E-state index in [0.717, 1.165) is 23.4 Å². The number of nitrogens with one attached hydrogen (secondary N) is 2. The van der Waals surface area contributed by atoms with E-state index >= 15 is 0 Å². The number of carbonyl (C=O) groups is 2. The molecule has 0 saturated heterocycles. The molecule has 4 saturated carbocycles. The summed E-state index contributed by atoms with van der Waals surface area (Å²) in [5.74, 6) is 2.96. The topological polar surface area (TPSA) is 84.2 Å². The van der Waals surface area contributed by atoms with Crippen molar-refractivity contribution >= 4 is 11.8 Å². The fourth-order valence-corrected chi connectivity index (χ4v) is 5.84. The Morgan fingerprint density at radius 2 is 1.76 bits per heavy atom. The molecule has 0 aliphatic heterocycles. The summed E-state index contributed by atoms with van der Waals surface area (Å²) in [6.45, 7) is 2.16. The molecule has 6 heteroatoms. The zero-order chi connectivity index (χ0) is 17.4. The van der Waals surface area contributed by atoms with Gasteiger partial charge in [-0.15, -0.1) is 0 Å². The van der Waals surface area contributed by atoms with Gasteiger partial charge in [-0.25, -0.2) is 0 Å². The standard InChI is InChI=1S/C19H27N3O3/c1-12-2-16(25-22-12)10-20-18(24)11-21-17(23)9-19-6-13-3-14(7-19)5-15(4-13)8-19/h2,13-15H,3-11H2,1H3,(H,20,24)(H,21,23). The average molecular weight is 345 g/mol. The van der Waals surface area contributed by atoms with Crippen LogP contribution < -0.4 is 10.6 Å². The monoisotopic (exact) mass is 345 g/mol. The van der Waals surface area contributed by atoms with E-state index in [0.29, 0.717) is 18.7 Å². The largest absolute Gasteiger partial charge is 0.359 e. The molecule has 0 radical (unpaired) electrons. The first kappa shape index (κ1) is 16.6. The maximum absolute atomic E-state index is 12.4.